The van der Waals surface area contributed by atoms with Crippen molar-refractivity contribution in [2.45, 2.75) is 24.9 Å². The van der Waals surface area contributed by atoms with Gasteiger partial charge in [0, 0.05) is 12.0 Å². The molecule has 9 nitrogen and oxygen atoms in total. The molecule has 1 aromatic carbocycles. The van der Waals surface area contributed by atoms with Crippen LogP contribution in [0.2, 0.25) is 0 Å². The number of rotatable bonds is 3. The number of tetrazole rings is 1. The van der Waals surface area contributed by atoms with Crippen LogP contribution in [0.4, 0.5) is 0 Å². The van der Waals surface area contributed by atoms with E-state index in [0.29, 0.717) is 24.6 Å². The van der Waals surface area contributed by atoms with E-state index >= 15 is 0 Å². The third kappa shape index (κ3) is 2.75. The zero-order chi connectivity index (χ0) is 16.5. The molecule has 0 aliphatic carbocycles. The van der Waals surface area contributed by atoms with Crippen molar-refractivity contribution < 1.29 is 9.47 Å². The van der Waals surface area contributed by atoms with Gasteiger partial charge in [0.15, 0.2) is 17.2 Å². The quantitative estimate of drug-likeness (QED) is 0.600. The molecule has 0 unspecified atom stereocenters. The highest BCUT2D eigenvalue weighted by molar-refractivity contribution is 7.80. The fourth-order valence-corrected chi connectivity index (χ4v) is 2.95. The molecule has 24 heavy (non-hydrogen) atoms. The number of hydrazone groups is 1. The molecule has 2 bridgehead atoms. The van der Waals surface area contributed by atoms with Crippen LogP contribution >= 0.6 is 12.2 Å². The number of ether oxygens (including phenoxy) is 2. The molecular weight excluding hydrogens is 330 g/mol. The van der Waals surface area contributed by atoms with Crippen molar-refractivity contribution in [3.63, 3.8) is 0 Å². The summed E-state index contributed by atoms with van der Waals surface area (Å²) in [6.07, 6.45) is -0.0370. The number of aromatic nitrogens is 4. The average molecular weight is 345 g/mol. The zero-order valence-electron chi connectivity index (χ0n) is 12.6. The van der Waals surface area contributed by atoms with E-state index in [1.54, 1.807) is 4.68 Å². The Morgan fingerprint density at radius 2 is 2.21 bits per heavy atom. The van der Waals surface area contributed by atoms with Crippen LogP contribution in [-0.2, 0) is 9.47 Å². The molecule has 124 valence electrons. The second-order valence-electron chi connectivity index (χ2n) is 5.50. The molecule has 3 N–H and O–H groups in total. The normalized spacial score (nSPS) is 27.3. The number of nitrogens with two attached hydrogens (primary N) is 1. The predicted octanol–water partition coefficient (Wildman–Crippen LogP) is 0.216. The lowest BCUT2D eigenvalue weighted by Crippen LogP contribution is -2.39. The van der Waals surface area contributed by atoms with Crippen LogP contribution in [0.25, 0.3) is 11.4 Å². The van der Waals surface area contributed by atoms with Crippen LogP contribution in [0.5, 0.6) is 0 Å². The molecule has 1 aromatic heterocycles. The first-order chi connectivity index (χ1) is 11.7. The average Bonchev–Trinajstić information content (AvgIpc) is 3.23. The van der Waals surface area contributed by atoms with Crippen molar-refractivity contribution >= 4 is 23.0 Å². The van der Waals surface area contributed by atoms with E-state index in [2.05, 4.69) is 26.1 Å². The highest BCUT2D eigenvalue weighted by Gasteiger charge is 2.44. The van der Waals surface area contributed by atoms with E-state index in [4.69, 9.17) is 27.4 Å². The number of nitrogens with zero attached hydrogens (tertiary/aromatic N) is 5. The van der Waals surface area contributed by atoms with Gasteiger partial charge in [0.25, 0.3) is 0 Å². The van der Waals surface area contributed by atoms with E-state index in [1.165, 1.54) is 0 Å². The number of hydrogen-bond acceptors (Lipinski definition) is 7. The molecule has 2 aliphatic rings. The summed E-state index contributed by atoms with van der Waals surface area (Å²) in [5.41, 5.74) is 9.63. The Hall–Kier alpha value is -2.43. The first-order valence-corrected chi connectivity index (χ1v) is 7.85. The highest BCUT2D eigenvalue weighted by atomic mass is 32.1. The molecule has 2 aliphatic heterocycles. The fourth-order valence-electron chi connectivity index (χ4n) is 2.90. The lowest BCUT2D eigenvalue weighted by Gasteiger charge is -2.28. The summed E-state index contributed by atoms with van der Waals surface area (Å²) in [7, 11) is 0. The molecule has 10 heteroatoms. The fraction of sp³-hybridized carbons (Fsp3) is 0.357. The van der Waals surface area contributed by atoms with Crippen LogP contribution in [0.3, 0.4) is 0 Å². The molecular formula is C14H15N7O2S. The minimum Gasteiger partial charge on any atom is -0.375 e. The van der Waals surface area contributed by atoms with E-state index in [1.807, 2.05) is 30.3 Å². The second kappa shape index (κ2) is 6.23. The Kier molecular flexibility index (Phi) is 3.92. The summed E-state index contributed by atoms with van der Waals surface area (Å²) in [5, 5.41) is 16.4. The summed E-state index contributed by atoms with van der Waals surface area (Å²) in [4.78, 5) is 0. The van der Waals surface area contributed by atoms with Gasteiger partial charge >= 0.3 is 0 Å². The Balaban J connectivity index is 1.66. The maximum absolute atomic E-state index is 5.88. The summed E-state index contributed by atoms with van der Waals surface area (Å²) >= 11 is 4.78. The topological polar surface area (TPSA) is 112 Å². The van der Waals surface area contributed by atoms with Crippen LogP contribution < -0.4 is 11.2 Å². The first kappa shape index (κ1) is 15.1. The summed E-state index contributed by atoms with van der Waals surface area (Å²) in [6.45, 7) is 0.454. The molecule has 2 fully saturated rings. The summed E-state index contributed by atoms with van der Waals surface area (Å²) in [5.74, 6) is 0.677. The van der Waals surface area contributed by atoms with Gasteiger partial charge in [-0.05, 0) is 22.6 Å². The number of thiocarbonyl (C=S) groups is 1. The minimum absolute atomic E-state index is 0.0894. The van der Waals surface area contributed by atoms with Gasteiger partial charge in [-0.2, -0.15) is 5.10 Å². The van der Waals surface area contributed by atoms with Crippen molar-refractivity contribution in [1.82, 2.24) is 25.6 Å². The maximum atomic E-state index is 5.88. The second-order valence-corrected chi connectivity index (χ2v) is 5.94. The van der Waals surface area contributed by atoms with Crippen LogP contribution in [0.15, 0.2) is 35.4 Å². The molecule has 0 saturated carbocycles. The molecule has 4 rings (SSSR count). The summed E-state index contributed by atoms with van der Waals surface area (Å²) in [6, 6.07) is 9.63. The first-order valence-electron chi connectivity index (χ1n) is 7.44. The van der Waals surface area contributed by atoms with Gasteiger partial charge in [0.05, 0.1) is 18.4 Å². The monoisotopic (exact) mass is 345 g/mol. The van der Waals surface area contributed by atoms with Gasteiger partial charge in [-0.3, -0.25) is 5.43 Å². The number of fused-ring (bicyclic) bond motifs is 2. The van der Waals surface area contributed by atoms with Gasteiger partial charge in [0.1, 0.15) is 6.10 Å². The Labute approximate surface area is 142 Å². The Morgan fingerprint density at radius 3 is 3.00 bits per heavy atom. The molecule has 0 radical (unpaired) electrons. The van der Waals surface area contributed by atoms with Gasteiger partial charge < -0.3 is 15.2 Å². The van der Waals surface area contributed by atoms with E-state index in [0.717, 1.165) is 5.56 Å². The third-order valence-corrected chi connectivity index (χ3v) is 4.07. The van der Waals surface area contributed by atoms with Crippen molar-refractivity contribution in [3.05, 3.63) is 30.3 Å². The minimum atomic E-state index is -0.482. The molecule has 3 atom stereocenters. The van der Waals surface area contributed by atoms with Crippen molar-refractivity contribution in [2.24, 2.45) is 10.8 Å². The van der Waals surface area contributed by atoms with E-state index in [-0.39, 0.29) is 17.3 Å². The summed E-state index contributed by atoms with van der Waals surface area (Å²) < 4.78 is 13.3. The molecule has 0 amide bonds. The number of nitrogens with one attached hydrogen (secondary N) is 1. The van der Waals surface area contributed by atoms with E-state index in [9.17, 15) is 0 Å². The number of benzene rings is 1. The van der Waals surface area contributed by atoms with Crippen LogP contribution in [0, 0.1) is 0 Å². The molecule has 3 heterocycles. The number of hydrogen-bond donors (Lipinski definition) is 2. The van der Waals surface area contributed by atoms with Crippen LogP contribution in [-0.4, -0.2) is 50.0 Å². The smallest absolute Gasteiger partial charge is 0.199 e. The molecule has 0 spiro atoms. The van der Waals surface area contributed by atoms with Gasteiger partial charge in [-0.25, -0.2) is 4.68 Å². The standard InChI is InChI=1S/C14H15N7O2S/c15-14(24)18-16-9-6-10(11-7-22-13(9)23-11)21-12(17-19-20-21)8-4-2-1-3-5-8/h1-5,10-11,13H,6-7H2,(H3,15,18,24)/b16-9-/t10-,11+,13+/m0/s1. The van der Waals surface area contributed by atoms with Crippen molar-refractivity contribution in [2.75, 3.05) is 6.61 Å². The van der Waals surface area contributed by atoms with Gasteiger partial charge in [-0.15, -0.1) is 5.10 Å². The predicted molar refractivity (Wildman–Crippen MR) is 88.9 cm³/mol. The van der Waals surface area contributed by atoms with Crippen molar-refractivity contribution in [3.8, 4) is 11.4 Å². The third-order valence-electron chi connectivity index (χ3n) is 3.98. The largest absolute Gasteiger partial charge is 0.375 e. The zero-order valence-corrected chi connectivity index (χ0v) is 13.4. The highest BCUT2D eigenvalue weighted by Crippen LogP contribution is 2.34. The molecule has 2 aromatic rings. The Morgan fingerprint density at radius 1 is 1.38 bits per heavy atom. The lowest BCUT2D eigenvalue weighted by atomic mass is 10.0. The van der Waals surface area contributed by atoms with E-state index < -0.39 is 6.29 Å². The Bertz CT molecular complexity index is 778. The van der Waals surface area contributed by atoms with Gasteiger partial charge in [0.2, 0.25) is 0 Å². The lowest BCUT2D eigenvalue weighted by molar-refractivity contribution is -0.0320. The SMILES string of the molecule is NC(=S)N/N=C1/C[C@H](n2nnnc2-c2ccccc2)[C@H]2CO[C@@H]1O2. The van der Waals surface area contributed by atoms with Gasteiger partial charge in [-0.1, -0.05) is 30.3 Å². The maximum Gasteiger partial charge on any atom is 0.199 e. The van der Waals surface area contributed by atoms with Crippen LogP contribution in [0.1, 0.15) is 12.5 Å². The van der Waals surface area contributed by atoms with Crippen molar-refractivity contribution in [1.29, 1.82) is 0 Å². The molecule has 2 saturated heterocycles.